The fourth-order valence-electron chi connectivity index (χ4n) is 7.21. The van der Waals surface area contributed by atoms with Crippen LogP contribution in [0.15, 0.2) is 25.3 Å². The summed E-state index contributed by atoms with van der Waals surface area (Å²) in [4.78, 5) is 47.4. The first kappa shape index (κ1) is 26.3. The van der Waals surface area contributed by atoms with E-state index in [9.17, 15) is 19.5 Å². The van der Waals surface area contributed by atoms with Gasteiger partial charge in [-0.25, -0.2) is 0 Å². The van der Waals surface area contributed by atoms with Gasteiger partial charge < -0.3 is 19.8 Å². The van der Waals surface area contributed by atoms with Gasteiger partial charge in [-0.3, -0.25) is 14.4 Å². The fraction of sp³-hybridized carbons (Fsp3) is 0.741. The lowest BCUT2D eigenvalue weighted by Gasteiger charge is -2.42. The van der Waals surface area contributed by atoms with Crippen LogP contribution in [0.4, 0.5) is 0 Å². The smallest absolute Gasteiger partial charge is 0.247 e. The fourth-order valence-corrected chi connectivity index (χ4v) is 9.54. The van der Waals surface area contributed by atoms with Gasteiger partial charge in [-0.1, -0.05) is 31.4 Å². The zero-order valence-corrected chi connectivity index (χ0v) is 22.3. The Hall–Kier alpha value is -1.80. The van der Waals surface area contributed by atoms with Gasteiger partial charge in [0.25, 0.3) is 0 Å². The first-order chi connectivity index (χ1) is 16.7. The molecule has 1 spiro atoms. The minimum Gasteiger partial charge on any atom is -0.394 e. The summed E-state index contributed by atoms with van der Waals surface area (Å²) in [5.41, 5.74) is 0. The second-order valence-corrected chi connectivity index (χ2v) is 13.0. The number of carbonyl (C=O) groups is 3. The molecular formula is C27H41N3O4S. The van der Waals surface area contributed by atoms with Crippen LogP contribution in [0.3, 0.4) is 0 Å². The Morgan fingerprint density at radius 2 is 1.83 bits per heavy atom. The van der Waals surface area contributed by atoms with Crippen molar-refractivity contribution in [1.82, 2.24) is 14.7 Å². The van der Waals surface area contributed by atoms with Gasteiger partial charge >= 0.3 is 0 Å². The summed E-state index contributed by atoms with van der Waals surface area (Å²) in [7, 11) is 1.75. The van der Waals surface area contributed by atoms with Crippen LogP contribution in [-0.2, 0) is 14.4 Å². The Kier molecular flexibility index (Phi) is 7.45. The summed E-state index contributed by atoms with van der Waals surface area (Å²) < 4.78 is -1.05. The summed E-state index contributed by atoms with van der Waals surface area (Å²) >= 11 is 1.69. The Morgan fingerprint density at radius 1 is 1.17 bits per heavy atom. The molecule has 0 aromatic carbocycles. The van der Waals surface area contributed by atoms with Crippen molar-refractivity contribution in [3.8, 4) is 0 Å². The van der Waals surface area contributed by atoms with E-state index < -0.39 is 33.4 Å². The number of hydrogen-bond donors (Lipinski definition) is 1. The average Bonchev–Trinajstić information content (AvgIpc) is 3.42. The third kappa shape index (κ3) is 4.05. The van der Waals surface area contributed by atoms with Crippen LogP contribution >= 0.6 is 11.8 Å². The topological polar surface area (TPSA) is 81.2 Å². The SMILES string of the molecule is C=CCN(C)C(=O)[C@@H]1[C@H]2C(=O)N([C@H](C)CO)C(C(=O)N(CC=C)C3CCCCC3)C23CC[C@@]1(C)S3. The van der Waals surface area contributed by atoms with E-state index in [0.29, 0.717) is 13.1 Å². The van der Waals surface area contributed by atoms with Crippen molar-refractivity contribution in [2.45, 2.75) is 86.4 Å². The van der Waals surface area contributed by atoms with E-state index in [4.69, 9.17) is 0 Å². The van der Waals surface area contributed by atoms with Gasteiger partial charge in [-0.15, -0.1) is 24.9 Å². The summed E-state index contributed by atoms with van der Waals surface area (Å²) in [6, 6.07) is -1.04. The van der Waals surface area contributed by atoms with E-state index in [-0.39, 0.29) is 30.4 Å². The molecule has 0 aromatic heterocycles. The maximum Gasteiger partial charge on any atom is 0.247 e. The molecule has 3 aliphatic heterocycles. The molecule has 4 aliphatic rings. The number of aliphatic hydroxyl groups is 1. The quantitative estimate of drug-likeness (QED) is 0.490. The molecule has 1 N–H and O–H groups in total. The van der Waals surface area contributed by atoms with Crippen molar-refractivity contribution in [2.75, 3.05) is 26.7 Å². The van der Waals surface area contributed by atoms with Crippen molar-refractivity contribution in [2.24, 2.45) is 11.8 Å². The number of thioether (sulfide) groups is 1. The molecule has 4 rings (SSSR count). The van der Waals surface area contributed by atoms with Crippen molar-refractivity contribution >= 4 is 29.5 Å². The van der Waals surface area contributed by atoms with Crippen molar-refractivity contribution in [3.63, 3.8) is 0 Å². The number of likely N-dealkylation sites (N-methyl/N-ethyl adjacent to an activating group) is 1. The molecule has 8 heteroatoms. The molecular weight excluding hydrogens is 462 g/mol. The lowest BCUT2D eigenvalue weighted by molar-refractivity contribution is -0.147. The number of aliphatic hydroxyl groups excluding tert-OH is 1. The number of likely N-dealkylation sites (tertiary alicyclic amines) is 1. The molecule has 1 aliphatic carbocycles. The van der Waals surface area contributed by atoms with Crippen LogP contribution in [-0.4, -0.2) is 91.9 Å². The number of hydrogen-bond acceptors (Lipinski definition) is 5. The highest BCUT2D eigenvalue weighted by atomic mass is 32.2. The largest absolute Gasteiger partial charge is 0.394 e. The lowest BCUT2D eigenvalue weighted by atomic mass is 9.66. The monoisotopic (exact) mass is 503 g/mol. The van der Waals surface area contributed by atoms with E-state index in [0.717, 1.165) is 38.5 Å². The van der Waals surface area contributed by atoms with Gasteiger partial charge in [0.05, 0.1) is 29.2 Å². The second-order valence-electron chi connectivity index (χ2n) is 11.1. The van der Waals surface area contributed by atoms with E-state index in [1.54, 1.807) is 47.7 Å². The van der Waals surface area contributed by atoms with Gasteiger partial charge in [0.2, 0.25) is 17.7 Å². The highest BCUT2D eigenvalue weighted by Gasteiger charge is 2.77. The summed E-state index contributed by atoms with van der Waals surface area (Å²) in [6.45, 7) is 12.2. The van der Waals surface area contributed by atoms with E-state index in [2.05, 4.69) is 20.1 Å². The molecule has 6 atom stereocenters. The van der Waals surface area contributed by atoms with Crippen LogP contribution in [0.1, 0.15) is 58.8 Å². The molecule has 3 amide bonds. The van der Waals surface area contributed by atoms with Gasteiger partial charge in [0, 0.05) is 30.9 Å². The molecule has 0 aromatic rings. The predicted octanol–water partition coefficient (Wildman–Crippen LogP) is 2.84. The lowest BCUT2D eigenvalue weighted by Crippen LogP contribution is -2.59. The van der Waals surface area contributed by atoms with Gasteiger partial charge in [0.15, 0.2) is 0 Å². The molecule has 3 heterocycles. The number of fused-ring (bicyclic) bond motifs is 1. The number of carbonyl (C=O) groups excluding carboxylic acids is 3. The molecule has 1 saturated carbocycles. The van der Waals surface area contributed by atoms with Gasteiger partial charge in [-0.2, -0.15) is 0 Å². The number of rotatable bonds is 9. The minimum atomic E-state index is -0.682. The van der Waals surface area contributed by atoms with Crippen LogP contribution in [0.25, 0.3) is 0 Å². The predicted molar refractivity (Wildman–Crippen MR) is 139 cm³/mol. The summed E-state index contributed by atoms with van der Waals surface area (Å²) in [6.07, 6.45) is 10.3. The molecule has 2 bridgehead atoms. The molecule has 35 heavy (non-hydrogen) atoms. The zero-order chi connectivity index (χ0) is 25.5. The highest BCUT2D eigenvalue weighted by molar-refractivity contribution is 8.02. The first-order valence-corrected chi connectivity index (χ1v) is 13.9. The third-order valence-electron chi connectivity index (χ3n) is 8.86. The van der Waals surface area contributed by atoms with Crippen LogP contribution in [0.2, 0.25) is 0 Å². The van der Waals surface area contributed by atoms with Gasteiger partial charge in [-0.05, 0) is 39.5 Å². The molecule has 2 unspecified atom stereocenters. The molecule has 7 nitrogen and oxygen atoms in total. The van der Waals surface area contributed by atoms with Crippen molar-refractivity contribution in [1.29, 1.82) is 0 Å². The van der Waals surface area contributed by atoms with Crippen molar-refractivity contribution < 1.29 is 19.5 Å². The minimum absolute atomic E-state index is 0.0442. The zero-order valence-electron chi connectivity index (χ0n) is 21.4. The van der Waals surface area contributed by atoms with Gasteiger partial charge in [0.1, 0.15) is 6.04 Å². The number of nitrogens with zero attached hydrogens (tertiary/aromatic N) is 3. The van der Waals surface area contributed by atoms with E-state index >= 15 is 0 Å². The maximum atomic E-state index is 14.4. The average molecular weight is 504 g/mol. The standard InChI is InChI=1S/C27H41N3O4S/c1-6-15-28(5)23(32)20-21-24(33)30(18(3)17-31)22(27(21)14-13-26(20,4)35-27)25(34)29(16-7-2)19-11-9-8-10-12-19/h6-7,18-22,31H,1-2,8-17H2,3-5H3/t18-,20+,21+,22?,26-,27?/m1/s1. The third-order valence-corrected chi connectivity index (χ3v) is 10.8. The summed E-state index contributed by atoms with van der Waals surface area (Å²) in [5.74, 6) is -1.32. The maximum absolute atomic E-state index is 14.4. The second kappa shape index (κ2) is 9.92. The molecule has 0 radical (unpaired) electrons. The first-order valence-electron chi connectivity index (χ1n) is 13.1. The Bertz CT molecular complexity index is 890. The Morgan fingerprint density at radius 3 is 2.43 bits per heavy atom. The highest BCUT2D eigenvalue weighted by Crippen LogP contribution is 2.71. The Balaban J connectivity index is 1.77. The van der Waals surface area contributed by atoms with Crippen molar-refractivity contribution in [3.05, 3.63) is 25.3 Å². The van der Waals surface area contributed by atoms with Crippen LogP contribution in [0, 0.1) is 11.8 Å². The van der Waals surface area contributed by atoms with E-state index in [1.165, 1.54) is 6.42 Å². The Labute approximate surface area is 214 Å². The van der Waals surface area contributed by atoms with E-state index in [1.807, 2.05) is 4.90 Å². The normalized spacial score (nSPS) is 35.0. The molecule has 194 valence electrons. The van der Waals surface area contributed by atoms with Crippen LogP contribution < -0.4 is 0 Å². The number of amides is 3. The molecule has 3 saturated heterocycles. The van der Waals surface area contributed by atoms with Crippen LogP contribution in [0.5, 0.6) is 0 Å². The molecule has 4 fully saturated rings. The summed E-state index contributed by atoms with van der Waals surface area (Å²) in [5, 5.41) is 10.1.